The van der Waals surface area contributed by atoms with Crippen molar-refractivity contribution in [1.82, 2.24) is 0 Å². The second-order valence-electron chi connectivity index (χ2n) is 5.58. The zero-order valence-corrected chi connectivity index (χ0v) is 13.4. The molecule has 0 radical (unpaired) electrons. The summed E-state index contributed by atoms with van der Waals surface area (Å²) in [7, 11) is 0. The Kier molecular flexibility index (Phi) is 5.85. The van der Waals surface area contributed by atoms with Gasteiger partial charge < -0.3 is 4.74 Å². The first-order valence-electron chi connectivity index (χ1n) is 7.78. The maximum Gasteiger partial charge on any atom is 0.346 e. The summed E-state index contributed by atoms with van der Waals surface area (Å²) in [5, 5.41) is 0. The minimum Gasteiger partial charge on any atom is -0.423 e. The van der Waals surface area contributed by atoms with Crippen LogP contribution in [-0.4, -0.2) is 5.97 Å². The van der Waals surface area contributed by atoms with Crippen molar-refractivity contribution in [1.29, 1.82) is 0 Å². The van der Waals surface area contributed by atoms with Crippen molar-refractivity contribution in [3.05, 3.63) is 64.7 Å². The first kappa shape index (κ1) is 17.1. The van der Waals surface area contributed by atoms with E-state index in [2.05, 4.69) is 6.92 Å². The quantitative estimate of drug-likeness (QED) is 0.414. The number of hydrogen-bond donors (Lipinski definition) is 0. The van der Waals surface area contributed by atoms with Crippen LogP contribution in [-0.2, 0) is 6.42 Å². The highest BCUT2D eigenvalue weighted by atomic mass is 19.1. The lowest BCUT2D eigenvalue weighted by Gasteiger charge is -2.08. The van der Waals surface area contributed by atoms with Crippen LogP contribution in [0.5, 0.6) is 5.75 Å². The number of carbonyl (C=O) groups is 1. The molecule has 4 heteroatoms. The average molecular weight is 318 g/mol. The Bertz CT molecular complexity index is 696. The first-order chi connectivity index (χ1) is 11.0. The van der Waals surface area contributed by atoms with Crippen LogP contribution in [0, 0.1) is 18.6 Å². The van der Waals surface area contributed by atoms with E-state index in [4.69, 9.17) is 4.74 Å². The van der Waals surface area contributed by atoms with Crippen molar-refractivity contribution in [2.45, 2.75) is 39.5 Å². The largest absolute Gasteiger partial charge is 0.423 e. The molecule has 2 aromatic rings. The zero-order chi connectivity index (χ0) is 16.8. The van der Waals surface area contributed by atoms with Crippen LogP contribution < -0.4 is 4.74 Å². The molecule has 23 heavy (non-hydrogen) atoms. The Labute approximate surface area is 135 Å². The summed E-state index contributed by atoms with van der Waals surface area (Å²) in [5.74, 6) is -1.81. The summed E-state index contributed by atoms with van der Waals surface area (Å²) < 4.78 is 32.8. The Morgan fingerprint density at radius 1 is 1.04 bits per heavy atom. The number of ether oxygens (including phenoxy) is 1. The summed E-state index contributed by atoms with van der Waals surface area (Å²) >= 11 is 0. The van der Waals surface area contributed by atoms with E-state index < -0.39 is 17.6 Å². The van der Waals surface area contributed by atoms with Crippen LogP contribution in [0.2, 0.25) is 0 Å². The number of benzene rings is 2. The highest BCUT2D eigenvalue weighted by Gasteiger charge is 2.15. The van der Waals surface area contributed by atoms with E-state index in [0.717, 1.165) is 19.3 Å². The molecule has 0 aliphatic carbocycles. The van der Waals surface area contributed by atoms with Gasteiger partial charge in [-0.3, -0.25) is 0 Å². The number of halogens is 2. The zero-order valence-electron chi connectivity index (χ0n) is 13.4. The number of hydrogen-bond acceptors (Lipinski definition) is 2. The molecule has 0 aliphatic heterocycles. The average Bonchev–Trinajstić information content (AvgIpc) is 2.49. The molecule has 0 unspecified atom stereocenters. The van der Waals surface area contributed by atoms with Crippen LogP contribution in [0.25, 0.3) is 0 Å². The van der Waals surface area contributed by atoms with Crippen molar-refractivity contribution < 1.29 is 18.3 Å². The highest BCUT2D eigenvalue weighted by Crippen LogP contribution is 2.20. The van der Waals surface area contributed by atoms with Crippen molar-refractivity contribution >= 4 is 5.97 Å². The molecule has 0 N–H and O–H groups in total. The van der Waals surface area contributed by atoms with Crippen molar-refractivity contribution in [2.75, 3.05) is 0 Å². The summed E-state index contributed by atoms with van der Waals surface area (Å²) in [6, 6.07) is 8.56. The van der Waals surface area contributed by atoms with Gasteiger partial charge in [0.2, 0.25) is 0 Å². The lowest BCUT2D eigenvalue weighted by atomic mass is 10.1. The number of rotatable bonds is 6. The molecule has 0 spiro atoms. The fourth-order valence-electron chi connectivity index (χ4n) is 2.31. The Hall–Kier alpha value is -2.23. The van der Waals surface area contributed by atoms with Crippen molar-refractivity contribution in [2.24, 2.45) is 0 Å². The molecule has 0 bridgehead atoms. The van der Waals surface area contributed by atoms with E-state index >= 15 is 0 Å². The van der Waals surface area contributed by atoms with Gasteiger partial charge in [-0.05, 0) is 49.1 Å². The predicted molar refractivity (Wildman–Crippen MR) is 85.7 cm³/mol. The maximum atomic E-state index is 14.0. The summed E-state index contributed by atoms with van der Waals surface area (Å²) in [5.41, 5.74) is 1.14. The topological polar surface area (TPSA) is 26.3 Å². The van der Waals surface area contributed by atoms with Crippen molar-refractivity contribution in [3.8, 4) is 5.75 Å². The van der Waals surface area contributed by atoms with Gasteiger partial charge in [0.05, 0.1) is 5.56 Å². The minimum atomic E-state index is -0.833. The normalized spacial score (nSPS) is 10.6. The third kappa shape index (κ3) is 4.62. The molecule has 0 atom stereocenters. The monoisotopic (exact) mass is 318 g/mol. The third-order valence-corrected chi connectivity index (χ3v) is 3.63. The van der Waals surface area contributed by atoms with Gasteiger partial charge in [0.1, 0.15) is 17.4 Å². The van der Waals surface area contributed by atoms with Gasteiger partial charge in [-0.25, -0.2) is 13.6 Å². The molecule has 0 saturated carbocycles. The Morgan fingerprint density at radius 3 is 2.48 bits per heavy atom. The summed E-state index contributed by atoms with van der Waals surface area (Å²) in [4.78, 5) is 12.0. The van der Waals surface area contributed by atoms with Gasteiger partial charge in [-0.2, -0.15) is 0 Å². The molecule has 2 nitrogen and oxygen atoms in total. The second-order valence-corrected chi connectivity index (χ2v) is 5.58. The molecule has 2 rings (SSSR count). The predicted octanol–water partition coefficient (Wildman–Crippen LogP) is 5.23. The molecule has 0 aromatic heterocycles. The van der Waals surface area contributed by atoms with Gasteiger partial charge in [0.15, 0.2) is 0 Å². The van der Waals surface area contributed by atoms with Crippen LogP contribution in [0.1, 0.15) is 47.7 Å². The van der Waals surface area contributed by atoms with Gasteiger partial charge in [0, 0.05) is 6.07 Å². The smallest absolute Gasteiger partial charge is 0.346 e. The molecular formula is C19H20F2O2. The molecule has 0 fully saturated rings. The lowest BCUT2D eigenvalue weighted by Crippen LogP contribution is -2.11. The Morgan fingerprint density at radius 2 is 1.83 bits per heavy atom. The molecule has 122 valence electrons. The number of carbonyl (C=O) groups excluding carboxylic acids is 1. The van der Waals surface area contributed by atoms with Gasteiger partial charge in [-0.15, -0.1) is 0 Å². The fraction of sp³-hybridized carbons (Fsp3) is 0.316. The summed E-state index contributed by atoms with van der Waals surface area (Å²) in [6.45, 7) is 3.81. The molecule has 2 aromatic carbocycles. The number of aryl methyl sites for hydroxylation is 2. The van der Waals surface area contributed by atoms with E-state index in [9.17, 15) is 13.6 Å². The molecule has 0 aliphatic rings. The second kappa shape index (κ2) is 7.86. The maximum absolute atomic E-state index is 14.0. The van der Waals surface area contributed by atoms with E-state index in [1.54, 1.807) is 19.1 Å². The molecule has 0 amide bonds. The number of unbranched alkanes of at least 4 members (excludes halogenated alkanes) is 2. The van der Waals surface area contributed by atoms with E-state index in [1.165, 1.54) is 24.3 Å². The third-order valence-electron chi connectivity index (χ3n) is 3.63. The SMILES string of the molecule is CCCCCc1ccc(OC(=O)c2ccc(C)cc2F)cc1F. The first-order valence-corrected chi connectivity index (χ1v) is 7.78. The standard InChI is InChI=1S/C19H20F2O2/c1-3-4-5-6-14-8-9-15(12-17(14)20)23-19(22)16-10-7-13(2)11-18(16)21/h7-12H,3-6H2,1-2H3. The molecule has 0 heterocycles. The lowest BCUT2D eigenvalue weighted by molar-refractivity contribution is 0.0729. The van der Waals surface area contributed by atoms with E-state index in [0.29, 0.717) is 17.5 Å². The van der Waals surface area contributed by atoms with Crippen LogP contribution in [0.4, 0.5) is 8.78 Å². The minimum absolute atomic E-state index is 0.0757. The van der Waals surface area contributed by atoms with E-state index in [-0.39, 0.29) is 11.3 Å². The van der Waals surface area contributed by atoms with Crippen molar-refractivity contribution in [3.63, 3.8) is 0 Å². The summed E-state index contributed by atoms with van der Waals surface area (Å²) in [6.07, 6.45) is 3.68. The molecular weight excluding hydrogens is 298 g/mol. The van der Waals surface area contributed by atoms with Crippen LogP contribution in [0.3, 0.4) is 0 Å². The highest BCUT2D eigenvalue weighted by molar-refractivity contribution is 5.91. The van der Waals surface area contributed by atoms with Gasteiger partial charge in [0.25, 0.3) is 0 Å². The van der Waals surface area contributed by atoms with Crippen LogP contribution in [0.15, 0.2) is 36.4 Å². The molecule has 0 saturated heterocycles. The fourth-order valence-corrected chi connectivity index (χ4v) is 2.31. The van der Waals surface area contributed by atoms with Crippen LogP contribution >= 0.6 is 0 Å². The number of esters is 1. The van der Waals surface area contributed by atoms with E-state index in [1.807, 2.05) is 0 Å². The van der Waals surface area contributed by atoms with Gasteiger partial charge >= 0.3 is 5.97 Å². The van der Waals surface area contributed by atoms with Gasteiger partial charge in [-0.1, -0.05) is 31.9 Å². The Balaban J connectivity index is 2.08.